The fraction of sp³-hybridized carbons (Fsp3) is 0.238. The zero-order chi connectivity index (χ0) is 20.4. The van der Waals surface area contributed by atoms with Crippen molar-refractivity contribution in [1.82, 2.24) is 4.57 Å². The predicted octanol–water partition coefficient (Wildman–Crippen LogP) is 1.88. The van der Waals surface area contributed by atoms with E-state index in [2.05, 4.69) is 5.32 Å². The quantitative estimate of drug-likeness (QED) is 0.660. The van der Waals surface area contributed by atoms with Crippen LogP contribution in [0.25, 0.3) is 10.9 Å². The number of primary amides is 1. The molecule has 2 heterocycles. The lowest BCUT2D eigenvalue weighted by Crippen LogP contribution is -2.31. The number of benzene rings is 2. The highest BCUT2D eigenvalue weighted by atomic mass is 16.6. The van der Waals surface area contributed by atoms with Crippen LogP contribution >= 0.6 is 0 Å². The number of carbonyl (C=O) groups is 1. The van der Waals surface area contributed by atoms with E-state index in [9.17, 15) is 9.59 Å². The van der Waals surface area contributed by atoms with E-state index in [0.717, 1.165) is 16.8 Å². The van der Waals surface area contributed by atoms with Crippen LogP contribution in [-0.2, 0) is 17.9 Å². The highest BCUT2D eigenvalue weighted by Gasteiger charge is 2.17. The highest BCUT2D eigenvalue weighted by molar-refractivity contribution is 5.85. The van der Waals surface area contributed by atoms with Gasteiger partial charge in [0.1, 0.15) is 25.5 Å². The van der Waals surface area contributed by atoms with Crippen molar-refractivity contribution in [2.45, 2.75) is 13.1 Å². The van der Waals surface area contributed by atoms with Gasteiger partial charge in [0.15, 0.2) is 11.5 Å². The van der Waals surface area contributed by atoms with Crippen molar-refractivity contribution >= 4 is 22.5 Å². The molecule has 1 aromatic heterocycles. The SMILES string of the molecule is COc1ccc(NCc2cc3cc4c(cc3n(CC(N)=O)c2=O)OCCO4)cc1. The lowest BCUT2D eigenvalue weighted by atomic mass is 10.1. The van der Waals surface area contributed by atoms with E-state index in [4.69, 9.17) is 19.9 Å². The van der Waals surface area contributed by atoms with Gasteiger partial charge in [-0.2, -0.15) is 0 Å². The number of ether oxygens (including phenoxy) is 3. The van der Waals surface area contributed by atoms with Crippen molar-refractivity contribution in [3.63, 3.8) is 0 Å². The number of amides is 1. The second kappa shape index (κ2) is 7.75. The number of nitrogens with one attached hydrogen (secondary N) is 1. The second-order valence-electron chi connectivity index (χ2n) is 6.66. The number of aromatic nitrogens is 1. The Morgan fingerprint density at radius 2 is 1.83 bits per heavy atom. The molecule has 1 amide bonds. The Balaban J connectivity index is 1.73. The highest BCUT2D eigenvalue weighted by Crippen LogP contribution is 2.34. The minimum atomic E-state index is -0.594. The molecule has 0 saturated heterocycles. The number of pyridine rings is 1. The number of fused-ring (bicyclic) bond motifs is 2. The summed E-state index contributed by atoms with van der Waals surface area (Å²) in [6.07, 6.45) is 0. The molecule has 0 spiro atoms. The summed E-state index contributed by atoms with van der Waals surface area (Å²) in [7, 11) is 1.60. The van der Waals surface area contributed by atoms with Gasteiger partial charge in [0.2, 0.25) is 5.91 Å². The summed E-state index contributed by atoms with van der Waals surface area (Å²) in [5, 5.41) is 3.99. The first-order valence-corrected chi connectivity index (χ1v) is 9.17. The van der Waals surface area contributed by atoms with E-state index in [0.29, 0.717) is 35.8 Å². The maximum Gasteiger partial charge on any atom is 0.256 e. The van der Waals surface area contributed by atoms with Crippen molar-refractivity contribution in [3.05, 3.63) is 58.4 Å². The van der Waals surface area contributed by atoms with Gasteiger partial charge < -0.3 is 25.3 Å². The number of nitrogens with two attached hydrogens (primary N) is 1. The summed E-state index contributed by atoms with van der Waals surface area (Å²) >= 11 is 0. The van der Waals surface area contributed by atoms with Crippen LogP contribution in [0, 0.1) is 0 Å². The number of carbonyl (C=O) groups excluding carboxylic acids is 1. The smallest absolute Gasteiger partial charge is 0.256 e. The molecule has 3 aromatic rings. The molecular formula is C21H21N3O5. The van der Waals surface area contributed by atoms with E-state index >= 15 is 0 Å². The molecule has 4 rings (SSSR count). The van der Waals surface area contributed by atoms with Crippen molar-refractivity contribution in [3.8, 4) is 17.2 Å². The first kappa shape index (κ1) is 18.7. The van der Waals surface area contributed by atoms with Crippen LogP contribution in [0.3, 0.4) is 0 Å². The van der Waals surface area contributed by atoms with Crippen molar-refractivity contribution in [2.24, 2.45) is 5.73 Å². The lowest BCUT2D eigenvalue weighted by Gasteiger charge is -2.20. The zero-order valence-corrected chi connectivity index (χ0v) is 15.9. The van der Waals surface area contributed by atoms with Crippen molar-refractivity contribution in [2.75, 3.05) is 25.6 Å². The van der Waals surface area contributed by atoms with E-state index in [1.807, 2.05) is 30.3 Å². The van der Waals surface area contributed by atoms with Crippen LogP contribution in [-0.4, -0.2) is 30.8 Å². The molecule has 8 nitrogen and oxygen atoms in total. The van der Waals surface area contributed by atoms with Crippen LogP contribution in [0.1, 0.15) is 5.56 Å². The molecule has 2 aromatic carbocycles. The minimum absolute atomic E-state index is 0.217. The Kier molecular flexibility index (Phi) is 4.99. The largest absolute Gasteiger partial charge is 0.497 e. The van der Waals surface area contributed by atoms with Gasteiger partial charge in [-0.05, 0) is 36.4 Å². The normalized spacial score (nSPS) is 12.6. The molecule has 29 heavy (non-hydrogen) atoms. The Labute approximate surface area is 166 Å². The van der Waals surface area contributed by atoms with Gasteiger partial charge in [0, 0.05) is 29.2 Å². The van der Waals surface area contributed by atoms with Crippen LogP contribution in [0.4, 0.5) is 5.69 Å². The average Bonchev–Trinajstić information content (AvgIpc) is 2.73. The molecule has 0 unspecified atom stereocenters. The van der Waals surface area contributed by atoms with Gasteiger partial charge >= 0.3 is 0 Å². The van der Waals surface area contributed by atoms with E-state index < -0.39 is 5.91 Å². The van der Waals surface area contributed by atoms with Crippen molar-refractivity contribution < 1.29 is 19.0 Å². The Bertz CT molecular complexity index is 1120. The van der Waals surface area contributed by atoms with Crippen LogP contribution in [0.5, 0.6) is 17.2 Å². The van der Waals surface area contributed by atoms with E-state index in [1.165, 1.54) is 4.57 Å². The molecule has 0 aliphatic carbocycles. The minimum Gasteiger partial charge on any atom is -0.497 e. The number of rotatable bonds is 6. The molecule has 1 aliphatic heterocycles. The van der Waals surface area contributed by atoms with Crippen LogP contribution in [0.15, 0.2) is 47.3 Å². The zero-order valence-electron chi connectivity index (χ0n) is 15.9. The fourth-order valence-electron chi connectivity index (χ4n) is 3.32. The first-order chi connectivity index (χ1) is 14.0. The molecule has 8 heteroatoms. The number of methoxy groups -OCH3 is 1. The molecule has 150 valence electrons. The van der Waals surface area contributed by atoms with Gasteiger partial charge in [-0.15, -0.1) is 0 Å². The first-order valence-electron chi connectivity index (χ1n) is 9.17. The van der Waals surface area contributed by atoms with E-state index in [1.54, 1.807) is 19.2 Å². The molecular weight excluding hydrogens is 374 g/mol. The molecule has 0 radical (unpaired) electrons. The summed E-state index contributed by atoms with van der Waals surface area (Å²) in [5.41, 5.74) is 7.02. The maximum absolute atomic E-state index is 13.0. The summed E-state index contributed by atoms with van der Waals surface area (Å²) < 4.78 is 17.8. The monoisotopic (exact) mass is 395 g/mol. The summed E-state index contributed by atoms with van der Waals surface area (Å²) in [4.78, 5) is 24.6. The Hall–Kier alpha value is -3.68. The third-order valence-corrected chi connectivity index (χ3v) is 4.72. The maximum atomic E-state index is 13.0. The number of hydrogen-bond acceptors (Lipinski definition) is 6. The molecule has 0 fully saturated rings. The summed E-state index contributed by atoms with van der Waals surface area (Å²) in [6.45, 7) is 0.966. The Morgan fingerprint density at radius 3 is 2.48 bits per heavy atom. The van der Waals surface area contributed by atoms with Gasteiger partial charge in [-0.1, -0.05) is 0 Å². The van der Waals surface area contributed by atoms with Gasteiger partial charge in [-0.3, -0.25) is 14.2 Å². The topological polar surface area (TPSA) is 105 Å². The van der Waals surface area contributed by atoms with Crippen LogP contribution < -0.4 is 30.8 Å². The third-order valence-electron chi connectivity index (χ3n) is 4.72. The molecule has 0 bridgehead atoms. The van der Waals surface area contributed by atoms with Gasteiger partial charge in [-0.25, -0.2) is 0 Å². The number of hydrogen-bond donors (Lipinski definition) is 2. The van der Waals surface area contributed by atoms with E-state index in [-0.39, 0.29) is 18.6 Å². The fourth-order valence-corrected chi connectivity index (χ4v) is 3.32. The standard InChI is InChI=1S/C21H21N3O5/c1-27-16-4-2-15(3-5-16)23-11-14-8-13-9-18-19(29-7-6-28-18)10-17(13)24(21(14)26)12-20(22)25/h2-5,8-10,23H,6-7,11-12H2,1H3,(H2,22,25). The number of nitrogens with zero attached hydrogens (tertiary/aromatic N) is 1. The third kappa shape index (κ3) is 3.82. The predicted molar refractivity (Wildman–Crippen MR) is 109 cm³/mol. The molecule has 0 saturated carbocycles. The number of anilines is 1. The summed E-state index contributed by atoms with van der Waals surface area (Å²) in [5.74, 6) is 1.31. The molecule has 1 aliphatic rings. The second-order valence-corrected chi connectivity index (χ2v) is 6.66. The average molecular weight is 395 g/mol. The van der Waals surface area contributed by atoms with Gasteiger partial charge in [0.05, 0.1) is 12.6 Å². The van der Waals surface area contributed by atoms with Crippen molar-refractivity contribution in [1.29, 1.82) is 0 Å². The lowest BCUT2D eigenvalue weighted by molar-refractivity contribution is -0.118. The van der Waals surface area contributed by atoms with Gasteiger partial charge in [0.25, 0.3) is 5.56 Å². The molecule has 3 N–H and O–H groups in total. The summed E-state index contributed by atoms with van der Waals surface area (Å²) in [6, 6.07) is 12.7. The van der Waals surface area contributed by atoms with Crippen LogP contribution in [0.2, 0.25) is 0 Å². The molecule has 0 atom stereocenters. The Morgan fingerprint density at radius 1 is 1.14 bits per heavy atom.